The average Bonchev–Trinajstić information content (AvgIpc) is 3.84. The molecule has 1 atom stereocenters. The zero-order valence-corrected chi connectivity index (χ0v) is 21.3. The highest BCUT2D eigenvalue weighted by Gasteiger charge is 2.42. The van der Waals surface area contributed by atoms with Gasteiger partial charge in [0.05, 0.1) is 28.6 Å². The molecule has 2 aliphatic carbocycles. The van der Waals surface area contributed by atoms with Gasteiger partial charge in [-0.25, -0.2) is 4.98 Å². The van der Waals surface area contributed by atoms with Crippen molar-refractivity contribution >= 4 is 17.8 Å². The summed E-state index contributed by atoms with van der Waals surface area (Å²) in [4.78, 5) is 26.5. The van der Waals surface area contributed by atoms with E-state index in [0.717, 1.165) is 48.1 Å². The summed E-state index contributed by atoms with van der Waals surface area (Å²) in [6, 6.07) is 6.63. The minimum atomic E-state index is 0.0180. The second-order valence-corrected chi connectivity index (χ2v) is 10.3. The maximum absolute atomic E-state index is 12.9. The van der Waals surface area contributed by atoms with Crippen molar-refractivity contribution in [2.45, 2.75) is 57.4 Å². The normalized spacial score (nSPS) is 19.3. The largest absolute Gasteiger partial charge is 0.396 e. The summed E-state index contributed by atoms with van der Waals surface area (Å²) in [7, 11) is 0. The third kappa shape index (κ3) is 4.82. The van der Waals surface area contributed by atoms with E-state index in [-0.39, 0.29) is 18.6 Å². The lowest BCUT2D eigenvalue weighted by molar-refractivity contribution is -0.134. The smallest absolute Gasteiger partial charge is 0.223 e. The lowest BCUT2D eigenvalue weighted by atomic mass is 9.91. The lowest BCUT2D eigenvalue weighted by Crippen LogP contribution is -2.56. The Morgan fingerprint density at radius 3 is 2.65 bits per heavy atom. The topological polar surface area (TPSA) is 117 Å². The van der Waals surface area contributed by atoms with Gasteiger partial charge in [0.15, 0.2) is 0 Å². The van der Waals surface area contributed by atoms with E-state index in [1.54, 1.807) is 12.3 Å². The number of nitriles is 2. The first-order valence-corrected chi connectivity index (χ1v) is 13.1. The predicted octanol–water partition coefficient (Wildman–Crippen LogP) is 3.92. The zero-order chi connectivity index (χ0) is 26.1. The van der Waals surface area contributed by atoms with E-state index in [9.17, 15) is 20.4 Å². The van der Waals surface area contributed by atoms with Crippen LogP contribution in [0.25, 0.3) is 17.2 Å². The van der Waals surface area contributed by atoms with Gasteiger partial charge < -0.3 is 14.9 Å². The molecule has 2 saturated carbocycles. The van der Waals surface area contributed by atoms with Gasteiger partial charge in [-0.1, -0.05) is 6.58 Å². The number of aliphatic hydroxyl groups is 1. The Morgan fingerprint density at radius 1 is 1.24 bits per heavy atom. The van der Waals surface area contributed by atoms with Crippen LogP contribution in [0.3, 0.4) is 0 Å². The number of hydrogen-bond donors (Lipinski definition) is 1. The minimum Gasteiger partial charge on any atom is -0.396 e. The maximum atomic E-state index is 12.9. The van der Waals surface area contributed by atoms with Gasteiger partial charge in [0.1, 0.15) is 18.0 Å². The van der Waals surface area contributed by atoms with Gasteiger partial charge in [-0.05, 0) is 62.7 Å². The number of anilines is 1. The number of nitrogens with zero attached hydrogens (tertiary/aromatic N) is 6. The van der Waals surface area contributed by atoms with Crippen molar-refractivity contribution in [3.05, 3.63) is 46.9 Å². The van der Waals surface area contributed by atoms with Crippen LogP contribution in [0.4, 0.5) is 5.82 Å². The quantitative estimate of drug-likeness (QED) is 0.589. The molecule has 0 spiro atoms. The van der Waals surface area contributed by atoms with Gasteiger partial charge in [-0.3, -0.25) is 9.78 Å². The van der Waals surface area contributed by atoms with Crippen molar-refractivity contribution in [1.82, 2.24) is 14.9 Å². The van der Waals surface area contributed by atoms with E-state index >= 15 is 0 Å². The number of aromatic nitrogens is 2. The standard InChI is InChI=1S/C29H32N6O2/c1-3-22-13-23(21(14-30)16-32-22)27-18(2)24(15-31)29(33-28(27)20-8-9-20)34-10-11-35(26(37)5-4-12-36)25(17-34)19-6-7-19/h3,13,16,19-20,25,36H,1,4-12,17H2,2H3. The summed E-state index contributed by atoms with van der Waals surface area (Å²) in [5, 5.41) is 29.3. The minimum absolute atomic E-state index is 0.0180. The molecule has 1 amide bonds. The fourth-order valence-corrected chi connectivity index (χ4v) is 5.52. The van der Waals surface area contributed by atoms with Gasteiger partial charge in [-0.15, -0.1) is 0 Å². The van der Waals surface area contributed by atoms with Crippen LogP contribution in [0.1, 0.15) is 72.5 Å². The maximum Gasteiger partial charge on any atom is 0.223 e. The fraction of sp³-hybridized carbons (Fsp3) is 0.483. The molecule has 3 fully saturated rings. The summed E-state index contributed by atoms with van der Waals surface area (Å²) in [6.45, 7) is 7.64. The van der Waals surface area contributed by atoms with Crippen LogP contribution < -0.4 is 4.90 Å². The zero-order valence-electron chi connectivity index (χ0n) is 21.3. The molecule has 0 aromatic carbocycles. The summed E-state index contributed by atoms with van der Waals surface area (Å²) in [5.74, 6) is 1.56. The highest BCUT2D eigenvalue weighted by Crippen LogP contribution is 2.47. The van der Waals surface area contributed by atoms with Gasteiger partial charge in [0.25, 0.3) is 0 Å². The first-order valence-electron chi connectivity index (χ1n) is 13.1. The van der Waals surface area contributed by atoms with Crippen molar-refractivity contribution in [3.63, 3.8) is 0 Å². The van der Waals surface area contributed by atoms with Crippen LogP contribution in [0.5, 0.6) is 0 Å². The number of hydrogen-bond acceptors (Lipinski definition) is 7. The highest BCUT2D eigenvalue weighted by molar-refractivity contribution is 5.81. The van der Waals surface area contributed by atoms with Gasteiger partial charge >= 0.3 is 0 Å². The van der Waals surface area contributed by atoms with Crippen LogP contribution >= 0.6 is 0 Å². The predicted molar refractivity (Wildman–Crippen MR) is 140 cm³/mol. The van der Waals surface area contributed by atoms with E-state index < -0.39 is 0 Å². The molecule has 1 saturated heterocycles. The highest BCUT2D eigenvalue weighted by atomic mass is 16.3. The van der Waals surface area contributed by atoms with Crippen molar-refractivity contribution in [1.29, 1.82) is 10.5 Å². The number of piperazine rings is 1. The Morgan fingerprint density at radius 2 is 2.03 bits per heavy atom. The molecule has 190 valence electrons. The molecule has 3 heterocycles. The van der Waals surface area contributed by atoms with Crippen molar-refractivity contribution in [3.8, 4) is 23.3 Å². The molecule has 5 rings (SSSR count). The van der Waals surface area contributed by atoms with Crippen molar-refractivity contribution < 1.29 is 9.90 Å². The number of carbonyl (C=O) groups excluding carboxylic acids is 1. The van der Waals surface area contributed by atoms with E-state index in [4.69, 9.17) is 4.98 Å². The van der Waals surface area contributed by atoms with Crippen LogP contribution in [0, 0.1) is 35.5 Å². The van der Waals surface area contributed by atoms with Crippen LogP contribution in [-0.4, -0.2) is 58.2 Å². The Bertz CT molecular complexity index is 1320. The molecule has 0 radical (unpaired) electrons. The second kappa shape index (κ2) is 10.3. The molecule has 8 heteroatoms. The molecule has 2 aromatic rings. The molecule has 1 N–H and O–H groups in total. The first kappa shape index (κ1) is 24.9. The average molecular weight is 497 g/mol. The molecule has 1 aliphatic heterocycles. The third-order valence-electron chi connectivity index (χ3n) is 7.81. The summed E-state index contributed by atoms with van der Waals surface area (Å²) in [6.07, 6.45) is 8.34. The SMILES string of the molecule is C=Cc1cc(-c2c(C3CC3)nc(N3CCN(C(=O)CCCO)C(C4CC4)C3)c(C#N)c2C)c(C#N)cn1. The van der Waals surface area contributed by atoms with E-state index in [1.165, 1.54) is 0 Å². The number of aliphatic hydroxyl groups excluding tert-OH is 1. The van der Waals surface area contributed by atoms with Crippen LogP contribution in [-0.2, 0) is 4.79 Å². The number of rotatable bonds is 8. The number of amides is 1. The van der Waals surface area contributed by atoms with E-state index in [1.807, 2.05) is 17.9 Å². The molecular formula is C29H32N6O2. The lowest BCUT2D eigenvalue weighted by Gasteiger charge is -2.43. The number of pyridine rings is 2. The van der Waals surface area contributed by atoms with E-state index in [2.05, 4.69) is 28.6 Å². The number of carbonyl (C=O) groups is 1. The molecule has 2 aromatic heterocycles. The Kier molecular flexibility index (Phi) is 6.95. The Hall–Kier alpha value is -3.75. The first-order chi connectivity index (χ1) is 18.0. The van der Waals surface area contributed by atoms with Crippen LogP contribution in [0.2, 0.25) is 0 Å². The van der Waals surface area contributed by atoms with Gasteiger partial charge in [-0.2, -0.15) is 10.5 Å². The van der Waals surface area contributed by atoms with E-state index in [0.29, 0.717) is 67.0 Å². The molecule has 37 heavy (non-hydrogen) atoms. The van der Waals surface area contributed by atoms with Gasteiger partial charge in [0, 0.05) is 55.9 Å². The molecule has 3 aliphatic rings. The molecular weight excluding hydrogens is 464 g/mol. The molecule has 8 nitrogen and oxygen atoms in total. The Labute approximate surface area is 217 Å². The molecule has 1 unspecified atom stereocenters. The Balaban J connectivity index is 1.56. The summed E-state index contributed by atoms with van der Waals surface area (Å²) >= 11 is 0. The van der Waals surface area contributed by atoms with Crippen molar-refractivity contribution in [2.24, 2.45) is 5.92 Å². The van der Waals surface area contributed by atoms with Gasteiger partial charge in [0.2, 0.25) is 5.91 Å². The summed E-state index contributed by atoms with van der Waals surface area (Å²) < 4.78 is 0. The van der Waals surface area contributed by atoms with Crippen LogP contribution in [0.15, 0.2) is 18.8 Å². The second-order valence-electron chi connectivity index (χ2n) is 10.3. The molecule has 0 bridgehead atoms. The monoisotopic (exact) mass is 496 g/mol. The fourth-order valence-electron chi connectivity index (χ4n) is 5.52. The third-order valence-corrected chi connectivity index (χ3v) is 7.81. The summed E-state index contributed by atoms with van der Waals surface area (Å²) in [5.41, 5.74) is 5.03. The van der Waals surface area contributed by atoms with Crippen molar-refractivity contribution in [2.75, 3.05) is 31.1 Å².